The van der Waals surface area contributed by atoms with Gasteiger partial charge in [-0.05, 0) is 62.2 Å². The Morgan fingerprint density at radius 3 is 2.20 bits per heavy atom. The number of nitrogens with one attached hydrogen (secondary N) is 1. The van der Waals surface area contributed by atoms with Crippen LogP contribution in [0.5, 0.6) is 5.75 Å². The molecule has 0 aromatic heterocycles. The van der Waals surface area contributed by atoms with E-state index < -0.39 is 28.5 Å². The molecule has 0 radical (unpaired) electrons. The van der Waals surface area contributed by atoms with Crippen LogP contribution < -0.4 is 14.4 Å². The Balaban J connectivity index is 2.16. The number of ether oxygens (including phenoxy) is 1. The van der Waals surface area contributed by atoms with Gasteiger partial charge in [0.2, 0.25) is 11.8 Å². The number of aryl methyl sites for hydroxylation is 1. The second-order valence-corrected chi connectivity index (χ2v) is 11.7. The molecule has 1 atom stereocenters. The number of carbonyl (C=O) groups is 2. The molecule has 1 N–H and O–H groups in total. The van der Waals surface area contributed by atoms with Crippen LogP contribution in [0.4, 0.5) is 5.69 Å². The molecular formula is C29H33Cl2N3O5S. The summed E-state index contributed by atoms with van der Waals surface area (Å²) in [5, 5.41) is 3.41. The first-order chi connectivity index (χ1) is 19.0. The van der Waals surface area contributed by atoms with Gasteiger partial charge in [0.05, 0.1) is 17.7 Å². The molecule has 0 aliphatic carbocycles. The molecule has 0 aliphatic heterocycles. The maximum absolute atomic E-state index is 14.1. The van der Waals surface area contributed by atoms with E-state index in [1.807, 2.05) is 6.92 Å². The Morgan fingerprint density at radius 1 is 0.975 bits per heavy atom. The molecule has 0 unspecified atom stereocenters. The minimum absolute atomic E-state index is 0.00262. The maximum atomic E-state index is 14.1. The number of rotatable bonds is 12. The molecule has 0 spiro atoms. The van der Waals surface area contributed by atoms with Gasteiger partial charge in [0.15, 0.2) is 0 Å². The zero-order valence-electron chi connectivity index (χ0n) is 22.9. The van der Waals surface area contributed by atoms with Gasteiger partial charge in [-0.1, -0.05) is 60.5 Å². The lowest BCUT2D eigenvalue weighted by Crippen LogP contribution is -2.52. The fourth-order valence-electron chi connectivity index (χ4n) is 4.29. The number of anilines is 1. The average molecular weight is 607 g/mol. The number of methoxy groups -OCH3 is 1. The van der Waals surface area contributed by atoms with Crippen LogP contribution in [0.3, 0.4) is 0 Å². The van der Waals surface area contributed by atoms with E-state index in [0.717, 1.165) is 9.87 Å². The summed E-state index contributed by atoms with van der Waals surface area (Å²) in [5.41, 5.74) is 1.42. The Morgan fingerprint density at radius 2 is 1.62 bits per heavy atom. The zero-order chi connectivity index (χ0) is 29.4. The first kappa shape index (κ1) is 31.3. The summed E-state index contributed by atoms with van der Waals surface area (Å²) in [4.78, 5) is 28.5. The van der Waals surface area contributed by atoms with Crippen molar-refractivity contribution in [3.05, 3.63) is 87.9 Å². The van der Waals surface area contributed by atoms with Crippen molar-refractivity contribution >= 4 is 50.7 Å². The average Bonchev–Trinajstić information content (AvgIpc) is 2.93. The summed E-state index contributed by atoms with van der Waals surface area (Å²) in [6.07, 6.45) is 0.277. The van der Waals surface area contributed by atoms with Crippen molar-refractivity contribution in [1.82, 2.24) is 10.2 Å². The van der Waals surface area contributed by atoms with Crippen molar-refractivity contribution < 1.29 is 22.7 Å². The number of benzene rings is 3. The molecule has 0 fully saturated rings. The maximum Gasteiger partial charge on any atom is 0.264 e. The summed E-state index contributed by atoms with van der Waals surface area (Å²) in [6.45, 7) is 5.02. The van der Waals surface area contributed by atoms with E-state index in [4.69, 9.17) is 27.9 Å². The molecule has 3 rings (SSSR count). The van der Waals surface area contributed by atoms with Crippen LogP contribution in [0.25, 0.3) is 0 Å². The quantitative estimate of drug-likeness (QED) is 0.296. The summed E-state index contributed by atoms with van der Waals surface area (Å²) in [6, 6.07) is 17.0. The first-order valence-corrected chi connectivity index (χ1v) is 15.0. The van der Waals surface area contributed by atoms with Crippen LogP contribution in [0.15, 0.2) is 71.6 Å². The number of sulfonamides is 1. The normalized spacial score (nSPS) is 11.9. The van der Waals surface area contributed by atoms with Gasteiger partial charge < -0.3 is 15.0 Å². The predicted molar refractivity (Wildman–Crippen MR) is 158 cm³/mol. The summed E-state index contributed by atoms with van der Waals surface area (Å²) < 4.78 is 34.5. The van der Waals surface area contributed by atoms with Gasteiger partial charge in [0.1, 0.15) is 18.3 Å². The molecule has 8 nitrogen and oxygen atoms in total. The van der Waals surface area contributed by atoms with E-state index in [1.54, 1.807) is 68.4 Å². The zero-order valence-corrected chi connectivity index (χ0v) is 25.2. The van der Waals surface area contributed by atoms with Crippen molar-refractivity contribution in [3.63, 3.8) is 0 Å². The molecule has 2 amide bonds. The van der Waals surface area contributed by atoms with Gasteiger partial charge in [0, 0.05) is 28.7 Å². The van der Waals surface area contributed by atoms with E-state index in [1.165, 1.54) is 24.1 Å². The van der Waals surface area contributed by atoms with Gasteiger partial charge in [-0.15, -0.1) is 0 Å². The first-order valence-electron chi connectivity index (χ1n) is 12.8. The highest BCUT2D eigenvalue weighted by Gasteiger charge is 2.35. The number of likely N-dealkylation sites (N-methyl/N-ethyl adjacent to an activating group) is 1. The van der Waals surface area contributed by atoms with Crippen molar-refractivity contribution in [2.24, 2.45) is 0 Å². The van der Waals surface area contributed by atoms with E-state index in [2.05, 4.69) is 5.32 Å². The highest BCUT2D eigenvalue weighted by molar-refractivity contribution is 7.92. The Hall–Kier alpha value is -3.27. The number of halogens is 2. The number of hydrogen-bond acceptors (Lipinski definition) is 5. The molecular weight excluding hydrogens is 573 g/mol. The Labute approximate surface area is 245 Å². The topological polar surface area (TPSA) is 96.0 Å². The van der Waals surface area contributed by atoms with Crippen molar-refractivity contribution in [2.75, 3.05) is 24.5 Å². The summed E-state index contributed by atoms with van der Waals surface area (Å²) in [5.74, 6) is -0.710. The Kier molecular flexibility index (Phi) is 10.8. The minimum Gasteiger partial charge on any atom is -0.495 e. The van der Waals surface area contributed by atoms with Crippen LogP contribution in [0.2, 0.25) is 10.0 Å². The Bertz CT molecular complexity index is 1430. The molecule has 11 heteroatoms. The molecule has 0 heterocycles. The number of carbonyl (C=O) groups excluding carboxylic acids is 2. The second kappa shape index (κ2) is 13.9. The predicted octanol–water partition coefficient (Wildman–Crippen LogP) is 5.45. The molecule has 214 valence electrons. The molecule has 0 bridgehead atoms. The smallest absolute Gasteiger partial charge is 0.264 e. The fraction of sp³-hybridized carbons (Fsp3) is 0.310. The van der Waals surface area contributed by atoms with Crippen molar-refractivity contribution in [3.8, 4) is 5.75 Å². The lowest BCUT2D eigenvalue weighted by Gasteiger charge is -2.33. The van der Waals surface area contributed by atoms with Crippen LogP contribution in [-0.2, 0) is 26.2 Å². The van der Waals surface area contributed by atoms with Gasteiger partial charge >= 0.3 is 0 Å². The SMILES string of the molecule is CCNC(=O)[C@@H](CC)N(Cc1c(Cl)cccc1Cl)C(=O)CN(c1cc(C)ccc1OC)S(=O)(=O)c1ccccc1. The third-order valence-corrected chi connectivity index (χ3v) is 8.82. The third kappa shape index (κ3) is 7.08. The molecule has 40 heavy (non-hydrogen) atoms. The number of amides is 2. The minimum atomic E-state index is -4.23. The van der Waals surface area contributed by atoms with Crippen LogP contribution in [-0.4, -0.2) is 51.4 Å². The highest BCUT2D eigenvalue weighted by Crippen LogP contribution is 2.34. The largest absolute Gasteiger partial charge is 0.495 e. The molecule has 0 saturated carbocycles. The van der Waals surface area contributed by atoms with Gasteiger partial charge in [-0.2, -0.15) is 0 Å². The summed E-state index contributed by atoms with van der Waals surface area (Å²) in [7, 11) is -2.80. The molecule has 3 aromatic carbocycles. The second-order valence-electron chi connectivity index (χ2n) is 9.04. The standard InChI is InChI=1S/C29H33Cl2N3O5S/c1-5-25(29(36)32-6-2)33(18-22-23(30)13-10-14-24(22)31)28(35)19-34(26-17-20(3)15-16-27(26)39-4)40(37,38)21-11-8-7-9-12-21/h7-17,25H,5-6,18-19H2,1-4H3,(H,32,36)/t25-/m1/s1. The van der Waals surface area contributed by atoms with Gasteiger partial charge in [-0.3, -0.25) is 13.9 Å². The number of hydrogen-bond donors (Lipinski definition) is 1. The van der Waals surface area contributed by atoms with E-state index in [9.17, 15) is 18.0 Å². The van der Waals surface area contributed by atoms with E-state index in [0.29, 0.717) is 22.2 Å². The van der Waals surface area contributed by atoms with E-state index >= 15 is 0 Å². The summed E-state index contributed by atoms with van der Waals surface area (Å²) >= 11 is 12.9. The van der Waals surface area contributed by atoms with Gasteiger partial charge in [0.25, 0.3) is 10.0 Å². The lowest BCUT2D eigenvalue weighted by atomic mass is 10.1. The monoisotopic (exact) mass is 605 g/mol. The van der Waals surface area contributed by atoms with Crippen LogP contribution >= 0.6 is 23.2 Å². The molecule has 3 aromatic rings. The van der Waals surface area contributed by atoms with Crippen molar-refractivity contribution in [1.29, 1.82) is 0 Å². The van der Waals surface area contributed by atoms with Crippen molar-refractivity contribution in [2.45, 2.75) is 44.7 Å². The van der Waals surface area contributed by atoms with E-state index in [-0.39, 0.29) is 35.2 Å². The van der Waals surface area contributed by atoms with Gasteiger partial charge in [-0.25, -0.2) is 8.42 Å². The molecule has 0 saturated heterocycles. The third-order valence-electron chi connectivity index (χ3n) is 6.34. The van der Waals surface area contributed by atoms with Crippen LogP contribution in [0, 0.1) is 6.92 Å². The lowest BCUT2D eigenvalue weighted by molar-refractivity contribution is -0.140. The highest BCUT2D eigenvalue weighted by atomic mass is 35.5. The molecule has 0 aliphatic rings. The number of nitrogens with zero attached hydrogens (tertiary/aromatic N) is 2. The fourth-order valence-corrected chi connectivity index (χ4v) is 6.25. The van der Waals surface area contributed by atoms with Crippen LogP contribution in [0.1, 0.15) is 31.4 Å².